The number of aliphatic carboxylic acids is 1. The van der Waals surface area contributed by atoms with Crippen LogP contribution in [-0.4, -0.2) is 52.4 Å². The number of nitrogens with one attached hydrogen (secondary N) is 4. The zero-order chi connectivity index (χ0) is 28.3. The molecule has 1 aliphatic heterocycles. The van der Waals surface area contributed by atoms with Gasteiger partial charge < -0.3 is 20.7 Å². The standard InChI is InChI=1S/C27H26N6O6S/c34-24-14-23(40(38,39)33-24)18-8-6-17(7-9-18)12-20(25-29-19-10-11-28-15-22(19)30-25)31-27(37)32-21(26(35)36)13-16-4-2-1-3-5-16/h1-11,15,20-21,23H,12-14H2,(H,29,30)(H,33,34)(H,35,36)(H2,31,32,37)/t20?,21-,23?/m1/s1. The molecular formula is C27H26N6O6S. The first-order valence-corrected chi connectivity index (χ1v) is 14.0. The molecule has 1 fully saturated rings. The molecule has 40 heavy (non-hydrogen) atoms. The molecule has 4 aromatic rings. The number of imidazole rings is 1. The van der Waals surface area contributed by atoms with E-state index in [9.17, 15) is 27.9 Å². The lowest BCUT2D eigenvalue weighted by Gasteiger charge is -2.20. The van der Waals surface area contributed by atoms with E-state index in [2.05, 4.69) is 25.6 Å². The molecule has 0 saturated carbocycles. The molecule has 206 valence electrons. The van der Waals surface area contributed by atoms with Gasteiger partial charge in [0.1, 0.15) is 17.1 Å². The average molecular weight is 563 g/mol. The summed E-state index contributed by atoms with van der Waals surface area (Å²) >= 11 is 0. The zero-order valence-electron chi connectivity index (χ0n) is 21.1. The summed E-state index contributed by atoms with van der Waals surface area (Å²) < 4.78 is 26.5. The van der Waals surface area contributed by atoms with Crippen molar-refractivity contribution in [2.24, 2.45) is 0 Å². The van der Waals surface area contributed by atoms with Crippen molar-refractivity contribution in [2.45, 2.75) is 36.6 Å². The molecule has 5 N–H and O–H groups in total. The second-order valence-corrected chi connectivity index (χ2v) is 11.3. The van der Waals surface area contributed by atoms with E-state index in [1.54, 1.807) is 67.0 Å². The molecule has 1 saturated heterocycles. The van der Waals surface area contributed by atoms with E-state index in [0.29, 0.717) is 22.4 Å². The first kappa shape index (κ1) is 26.8. The summed E-state index contributed by atoms with van der Waals surface area (Å²) in [6.45, 7) is 0. The Morgan fingerprint density at radius 2 is 1.73 bits per heavy atom. The molecule has 3 atom stereocenters. The number of fused-ring (bicyclic) bond motifs is 1. The number of benzene rings is 2. The maximum absolute atomic E-state index is 13.0. The van der Waals surface area contributed by atoms with Crippen molar-refractivity contribution >= 4 is 39.0 Å². The van der Waals surface area contributed by atoms with Gasteiger partial charge in [0, 0.05) is 12.6 Å². The fraction of sp³-hybridized carbons (Fsp3) is 0.222. The third-order valence-electron chi connectivity index (χ3n) is 6.62. The smallest absolute Gasteiger partial charge is 0.326 e. The van der Waals surface area contributed by atoms with Gasteiger partial charge in [-0.3, -0.25) is 14.5 Å². The second kappa shape index (κ2) is 11.1. The maximum atomic E-state index is 13.0. The molecular weight excluding hydrogens is 536 g/mol. The fourth-order valence-corrected chi connectivity index (χ4v) is 6.05. The Balaban J connectivity index is 1.36. The topological polar surface area (TPSA) is 183 Å². The summed E-state index contributed by atoms with van der Waals surface area (Å²) in [6.07, 6.45) is 3.42. The van der Waals surface area contributed by atoms with Gasteiger partial charge in [-0.05, 0) is 29.2 Å². The van der Waals surface area contributed by atoms with Gasteiger partial charge in [0.05, 0.1) is 29.7 Å². The molecule has 2 aromatic heterocycles. The highest BCUT2D eigenvalue weighted by atomic mass is 32.2. The van der Waals surface area contributed by atoms with Crippen LogP contribution in [0, 0.1) is 0 Å². The van der Waals surface area contributed by atoms with Crippen LogP contribution in [0.15, 0.2) is 73.1 Å². The number of aromatic nitrogens is 3. The minimum absolute atomic E-state index is 0.105. The number of hydrogen-bond donors (Lipinski definition) is 5. The largest absolute Gasteiger partial charge is 0.480 e. The normalized spacial score (nSPS) is 17.6. The number of carboxylic acid groups (broad SMARTS) is 1. The third kappa shape index (κ3) is 6.10. The number of carbonyl (C=O) groups excluding carboxylic acids is 2. The van der Waals surface area contributed by atoms with E-state index >= 15 is 0 Å². The lowest BCUT2D eigenvalue weighted by molar-refractivity contribution is -0.139. The number of sulfonamides is 1. The Morgan fingerprint density at radius 3 is 2.38 bits per heavy atom. The molecule has 5 rings (SSSR count). The van der Waals surface area contributed by atoms with E-state index in [1.807, 2.05) is 10.8 Å². The number of rotatable bonds is 9. The summed E-state index contributed by atoms with van der Waals surface area (Å²) in [5, 5.41) is 14.1. The molecule has 0 spiro atoms. The molecule has 0 radical (unpaired) electrons. The van der Waals surface area contributed by atoms with Crippen molar-refractivity contribution in [1.82, 2.24) is 30.3 Å². The Hall–Kier alpha value is -4.78. The van der Waals surface area contributed by atoms with Gasteiger partial charge in [-0.25, -0.2) is 23.0 Å². The molecule has 0 bridgehead atoms. The Morgan fingerprint density at radius 1 is 1.00 bits per heavy atom. The highest BCUT2D eigenvalue weighted by Crippen LogP contribution is 2.30. The quantitative estimate of drug-likeness (QED) is 0.205. The fourth-order valence-electron chi connectivity index (χ4n) is 4.62. The highest BCUT2D eigenvalue weighted by Gasteiger charge is 2.37. The van der Waals surface area contributed by atoms with E-state index in [-0.39, 0.29) is 19.3 Å². The van der Waals surface area contributed by atoms with Crippen LogP contribution in [0.25, 0.3) is 11.0 Å². The number of nitrogens with zero attached hydrogens (tertiary/aromatic N) is 2. The van der Waals surface area contributed by atoms with Gasteiger partial charge >= 0.3 is 12.0 Å². The molecule has 2 unspecified atom stereocenters. The maximum Gasteiger partial charge on any atom is 0.326 e. The van der Waals surface area contributed by atoms with Crippen LogP contribution in [-0.2, 0) is 32.5 Å². The molecule has 3 amide bonds. The number of carbonyl (C=O) groups is 3. The Kier molecular flexibility index (Phi) is 7.47. The van der Waals surface area contributed by atoms with Gasteiger partial charge in [-0.2, -0.15) is 0 Å². The Labute approximate surface area is 229 Å². The van der Waals surface area contributed by atoms with Crippen LogP contribution < -0.4 is 15.4 Å². The van der Waals surface area contributed by atoms with E-state index < -0.39 is 45.3 Å². The molecule has 0 aliphatic carbocycles. The van der Waals surface area contributed by atoms with Gasteiger partial charge in [0.2, 0.25) is 15.9 Å². The number of hydrogen-bond acceptors (Lipinski definition) is 7. The SMILES string of the molecule is O=C1CC(c2ccc(CC(NC(=O)N[C@H](Cc3ccccc3)C(=O)O)c3nc4ccncc4[nH]3)cc2)S(=O)(=O)N1. The van der Waals surface area contributed by atoms with E-state index in [4.69, 9.17) is 0 Å². The van der Waals surface area contributed by atoms with Crippen molar-refractivity contribution in [1.29, 1.82) is 0 Å². The van der Waals surface area contributed by atoms with Gasteiger partial charge in [0.25, 0.3) is 0 Å². The highest BCUT2D eigenvalue weighted by molar-refractivity contribution is 7.90. The summed E-state index contributed by atoms with van der Waals surface area (Å²) in [5.74, 6) is -1.28. The zero-order valence-corrected chi connectivity index (χ0v) is 21.9. The van der Waals surface area contributed by atoms with Crippen LogP contribution in [0.2, 0.25) is 0 Å². The van der Waals surface area contributed by atoms with Gasteiger partial charge in [-0.15, -0.1) is 0 Å². The van der Waals surface area contributed by atoms with Gasteiger partial charge in [0.15, 0.2) is 0 Å². The van der Waals surface area contributed by atoms with Crippen LogP contribution in [0.3, 0.4) is 0 Å². The van der Waals surface area contributed by atoms with Crippen molar-refractivity contribution in [3.63, 3.8) is 0 Å². The van der Waals surface area contributed by atoms with E-state index in [0.717, 1.165) is 11.1 Å². The number of carboxylic acids is 1. The van der Waals surface area contributed by atoms with Crippen LogP contribution in [0.4, 0.5) is 4.79 Å². The lowest BCUT2D eigenvalue weighted by atomic mass is 10.0. The minimum Gasteiger partial charge on any atom is -0.480 e. The molecule has 2 aromatic carbocycles. The number of pyridine rings is 1. The average Bonchev–Trinajstić information content (AvgIpc) is 3.48. The second-order valence-electron chi connectivity index (χ2n) is 9.47. The van der Waals surface area contributed by atoms with Crippen LogP contribution in [0.1, 0.15) is 40.2 Å². The number of aromatic amines is 1. The summed E-state index contributed by atoms with van der Waals surface area (Å²) in [5.41, 5.74) is 3.29. The van der Waals surface area contributed by atoms with Crippen molar-refractivity contribution < 1.29 is 27.9 Å². The van der Waals surface area contributed by atoms with E-state index in [1.165, 1.54) is 0 Å². The predicted molar refractivity (Wildman–Crippen MR) is 144 cm³/mol. The number of H-pyrrole nitrogens is 1. The third-order valence-corrected chi connectivity index (χ3v) is 8.32. The monoisotopic (exact) mass is 562 g/mol. The van der Waals surface area contributed by atoms with Crippen molar-refractivity contribution in [3.05, 3.63) is 95.6 Å². The van der Waals surface area contributed by atoms with Crippen LogP contribution >= 0.6 is 0 Å². The molecule has 3 heterocycles. The lowest BCUT2D eigenvalue weighted by Crippen LogP contribution is -2.48. The van der Waals surface area contributed by atoms with Crippen molar-refractivity contribution in [3.8, 4) is 0 Å². The number of urea groups is 1. The minimum atomic E-state index is -3.77. The summed E-state index contributed by atoms with van der Waals surface area (Å²) in [6, 6.07) is 14.9. The summed E-state index contributed by atoms with van der Waals surface area (Å²) in [7, 11) is -3.77. The van der Waals surface area contributed by atoms with Crippen molar-refractivity contribution in [2.75, 3.05) is 0 Å². The molecule has 1 aliphatic rings. The first-order valence-electron chi connectivity index (χ1n) is 12.4. The Bertz CT molecular complexity index is 1620. The predicted octanol–water partition coefficient (Wildman–Crippen LogP) is 2.13. The molecule has 12 nitrogen and oxygen atoms in total. The first-order chi connectivity index (χ1) is 19.2. The van der Waals surface area contributed by atoms with Gasteiger partial charge in [-0.1, -0.05) is 54.6 Å². The van der Waals surface area contributed by atoms with Crippen LogP contribution in [0.5, 0.6) is 0 Å². The molecule has 13 heteroatoms. The summed E-state index contributed by atoms with van der Waals surface area (Å²) in [4.78, 5) is 48.3. The number of amides is 3.